The summed E-state index contributed by atoms with van der Waals surface area (Å²) in [5, 5.41) is 12.2. The maximum atomic E-state index is 8.90. The van der Waals surface area contributed by atoms with Crippen molar-refractivity contribution >= 4 is 0 Å². The van der Waals surface area contributed by atoms with E-state index in [4.69, 9.17) is 5.26 Å². The van der Waals surface area contributed by atoms with Gasteiger partial charge in [0, 0.05) is 13.1 Å². The molecule has 0 bridgehead atoms. The zero-order valence-electron chi connectivity index (χ0n) is 10.4. The zero-order valence-corrected chi connectivity index (χ0v) is 10.4. The highest BCUT2D eigenvalue weighted by Gasteiger charge is 2.15. The Balaban J connectivity index is 2.53. The maximum Gasteiger partial charge on any atom is 0.0697 e. The minimum atomic E-state index is -0.291. The van der Waals surface area contributed by atoms with Crippen molar-refractivity contribution in [1.82, 2.24) is 5.32 Å². The molecule has 0 heterocycles. The van der Waals surface area contributed by atoms with Gasteiger partial charge in [0.1, 0.15) is 0 Å². The van der Waals surface area contributed by atoms with Crippen molar-refractivity contribution in [2.24, 2.45) is 5.41 Å². The highest BCUT2D eigenvalue weighted by molar-refractivity contribution is 5.26. The smallest absolute Gasteiger partial charge is 0.0697 e. The Hall–Kier alpha value is -1.33. The lowest BCUT2D eigenvalue weighted by molar-refractivity contribution is 0.444. The lowest BCUT2D eigenvalue weighted by Gasteiger charge is -2.16. The minimum Gasteiger partial charge on any atom is -0.311 e. The molecular formula is C14H20N2. The number of nitrogens with zero attached hydrogens (tertiary/aromatic N) is 1. The molecule has 0 atom stereocenters. The Labute approximate surface area is 98.3 Å². The first-order valence-corrected chi connectivity index (χ1v) is 5.78. The van der Waals surface area contributed by atoms with Gasteiger partial charge in [-0.25, -0.2) is 0 Å². The van der Waals surface area contributed by atoms with Crippen molar-refractivity contribution in [2.45, 2.75) is 33.7 Å². The van der Waals surface area contributed by atoms with Crippen molar-refractivity contribution in [2.75, 3.05) is 6.54 Å². The molecule has 0 aliphatic carbocycles. The summed E-state index contributed by atoms with van der Waals surface area (Å²) in [6, 6.07) is 10.7. The lowest BCUT2D eigenvalue weighted by atomic mass is 9.96. The highest BCUT2D eigenvalue weighted by Crippen LogP contribution is 2.13. The number of hydrogen-bond donors (Lipinski definition) is 1. The number of nitriles is 1. The van der Waals surface area contributed by atoms with Crippen LogP contribution in [0.15, 0.2) is 24.3 Å². The van der Waals surface area contributed by atoms with Crippen molar-refractivity contribution in [3.63, 3.8) is 0 Å². The molecule has 0 spiro atoms. The van der Waals surface area contributed by atoms with E-state index < -0.39 is 0 Å². The van der Waals surface area contributed by atoms with Crippen LogP contribution in [0.5, 0.6) is 0 Å². The first-order valence-electron chi connectivity index (χ1n) is 5.78. The second-order valence-electron chi connectivity index (χ2n) is 4.72. The average Bonchev–Trinajstić information content (AvgIpc) is 2.29. The third-order valence-corrected chi connectivity index (χ3v) is 2.68. The molecule has 0 aromatic heterocycles. The van der Waals surface area contributed by atoms with Crippen molar-refractivity contribution in [1.29, 1.82) is 5.26 Å². The number of rotatable bonds is 5. The van der Waals surface area contributed by atoms with E-state index in [2.05, 4.69) is 42.6 Å². The molecule has 0 saturated heterocycles. The molecule has 16 heavy (non-hydrogen) atoms. The van der Waals surface area contributed by atoms with Crippen molar-refractivity contribution in [3.05, 3.63) is 35.4 Å². The van der Waals surface area contributed by atoms with E-state index in [1.807, 2.05) is 13.8 Å². The molecule has 0 aliphatic heterocycles. The summed E-state index contributed by atoms with van der Waals surface area (Å²) >= 11 is 0. The fourth-order valence-electron chi connectivity index (χ4n) is 1.62. The first kappa shape index (κ1) is 12.7. The second-order valence-corrected chi connectivity index (χ2v) is 4.72. The van der Waals surface area contributed by atoms with E-state index in [9.17, 15) is 0 Å². The van der Waals surface area contributed by atoms with Crippen LogP contribution in [0, 0.1) is 16.7 Å². The van der Waals surface area contributed by atoms with E-state index in [0.29, 0.717) is 0 Å². The molecule has 0 radical (unpaired) electrons. The Kier molecular flexibility index (Phi) is 4.52. The maximum absolute atomic E-state index is 8.90. The topological polar surface area (TPSA) is 35.8 Å². The predicted molar refractivity (Wildman–Crippen MR) is 66.9 cm³/mol. The van der Waals surface area contributed by atoms with Gasteiger partial charge in [-0.3, -0.25) is 0 Å². The SMILES string of the molecule is CCc1ccccc1CNCC(C)(C)C#N. The molecule has 1 N–H and O–H groups in total. The Morgan fingerprint density at radius 1 is 1.25 bits per heavy atom. The zero-order chi connectivity index (χ0) is 12.0. The molecule has 0 amide bonds. The third-order valence-electron chi connectivity index (χ3n) is 2.68. The van der Waals surface area contributed by atoms with Crippen molar-refractivity contribution in [3.8, 4) is 6.07 Å². The van der Waals surface area contributed by atoms with E-state index in [1.54, 1.807) is 0 Å². The summed E-state index contributed by atoms with van der Waals surface area (Å²) in [7, 11) is 0. The Morgan fingerprint density at radius 2 is 1.88 bits per heavy atom. The Morgan fingerprint density at radius 3 is 2.44 bits per heavy atom. The predicted octanol–water partition coefficient (Wildman–Crippen LogP) is 2.89. The molecule has 2 nitrogen and oxygen atoms in total. The van der Waals surface area contributed by atoms with Crippen LogP contribution in [0.1, 0.15) is 31.9 Å². The fourth-order valence-corrected chi connectivity index (χ4v) is 1.62. The second kappa shape index (κ2) is 5.67. The van der Waals surface area contributed by atoms with Crippen LogP contribution in [-0.2, 0) is 13.0 Å². The van der Waals surface area contributed by atoms with Gasteiger partial charge < -0.3 is 5.32 Å². The molecule has 86 valence electrons. The summed E-state index contributed by atoms with van der Waals surface area (Å²) in [6.07, 6.45) is 1.06. The van der Waals surface area contributed by atoms with E-state index >= 15 is 0 Å². The van der Waals surface area contributed by atoms with Gasteiger partial charge in [-0.05, 0) is 31.4 Å². The van der Waals surface area contributed by atoms with E-state index in [-0.39, 0.29) is 5.41 Å². The normalized spacial score (nSPS) is 11.1. The molecule has 1 aromatic carbocycles. The quantitative estimate of drug-likeness (QED) is 0.821. The largest absolute Gasteiger partial charge is 0.311 e. The number of benzene rings is 1. The minimum absolute atomic E-state index is 0.291. The molecule has 2 heteroatoms. The van der Waals surface area contributed by atoms with Gasteiger partial charge in [0.15, 0.2) is 0 Å². The Bertz CT molecular complexity index is 375. The van der Waals surface area contributed by atoms with Crippen LogP contribution in [0.25, 0.3) is 0 Å². The summed E-state index contributed by atoms with van der Waals surface area (Å²) < 4.78 is 0. The number of nitrogens with one attached hydrogen (secondary N) is 1. The van der Waals surface area contributed by atoms with Crippen LogP contribution in [0.3, 0.4) is 0 Å². The standard InChI is InChI=1S/C14H20N2/c1-4-12-7-5-6-8-13(12)9-16-11-14(2,3)10-15/h5-8,16H,4,9,11H2,1-3H3. The van der Waals surface area contributed by atoms with Crippen LogP contribution in [0.2, 0.25) is 0 Å². The number of aryl methyl sites for hydroxylation is 1. The molecule has 0 saturated carbocycles. The van der Waals surface area contributed by atoms with Gasteiger partial charge in [0.25, 0.3) is 0 Å². The number of hydrogen-bond acceptors (Lipinski definition) is 2. The highest BCUT2D eigenvalue weighted by atomic mass is 14.9. The van der Waals surface area contributed by atoms with Crippen LogP contribution in [-0.4, -0.2) is 6.54 Å². The average molecular weight is 216 g/mol. The molecule has 0 fully saturated rings. The monoisotopic (exact) mass is 216 g/mol. The summed E-state index contributed by atoms with van der Waals surface area (Å²) in [6.45, 7) is 7.63. The third kappa shape index (κ3) is 3.67. The summed E-state index contributed by atoms with van der Waals surface area (Å²) in [4.78, 5) is 0. The molecule has 0 unspecified atom stereocenters. The lowest BCUT2D eigenvalue weighted by Crippen LogP contribution is -2.28. The van der Waals surface area contributed by atoms with E-state index in [0.717, 1.165) is 19.5 Å². The van der Waals surface area contributed by atoms with Crippen LogP contribution < -0.4 is 5.32 Å². The molecule has 0 aliphatic rings. The summed E-state index contributed by atoms with van der Waals surface area (Å²) in [5.74, 6) is 0. The molecule has 1 rings (SSSR count). The van der Waals surface area contributed by atoms with E-state index in [1.165, 1.54) is 11.1 Å². The van der Waals surface area contributed by atoms with Gasteiger partial charge in [-0.15, -0.1) is 0 Å². The molecule has 1 aromatic rings. The van der Waals surface area contributed by atoms with Gasteiger partial charge in [-0.1, -0.05) is 31.2 Å². The van der Waals surface area contributed by atoms with Gasteiger partial charge in [0.05, 0.1) is 11.5 Å². The van der Waals surface area contributed by atoms with Crippen LogP contribution in [0.4, 0.5) is 0 Å². The fraction of sp³-hybridized carbons (Fsp3) is 0.500. The first-order chi connectivity index (χ1) is 7.59. The van der Waals surface area contributed by atoms with Crippen LogP contribution >= 0.6 is 0 Å². The molecular weight excluding hydrogens is 196 g/mol. The van der Waals surface area contributed by atoms with Gasteiger partial charge in [-0.2, -0.15) is 5.26 Å². The van der Waals surface area contributed by atoms with Gasteiger partial charge >= 0.3 is 0 Å². The van der Waals surface area contributed by atoms with Crippen molar-refractivity contribution < 1.29 is 0 Å². The summed E-state index contributed by atoms with van der Waals surface area (Å²) in [5.41, 5.74) is 2.42. The van der Waals surface area contributed by atoms with Gasteiger partial charge in [0.2, 0.25) is 0 Å².